The first-order valence-electron chi connectivity index (χ1n) is 8.17. The number of nitrogens with one attached hydrogen (secondary N) is 2. The van der Waals surface area contributed by atoms with Gasteiger partial charge in [-0.25, -0.2) is 4.98 Å². The first-order chi connectivity index (χ1) is 12.1. The van der Waals surface area contributed by atoms with Crippen molar-refractivity contribution in [2.75, 3.05) is 6.54 Å². The van der Waals surface area contributed by atoms with Gasteiger partial charge in [0.05, 0.1) is 34.8 Å². The van der Waals surface area contributed by atoms with E-state index in [9.17, 15) is 9.59 Å². The van der Waals surface area contributed by atoms with Gasteiger partial charge in [-0.05, 0) is 37.0 Å². The number of amides is 2. The minimum absolute atomic E-state index is 0.120. The van der Waals surface area contributed by atoms with Crippen molar-refractivity contribution in [2.24, 2.45) is 11.7 Å². The van der Waals surface area contributed by atoms with E-state index in [1.807, 2.05) is 10.7 Å². The highest BCUT2D eigenvalue weighted by molar-refractivity contribution is 5.97. The Morgan fingerprint density at radius 3 is 3.12 bits per heavy atom. The normalized spacial score (nSPS) is 16.6. The lowest BCUT2D eigenvalue weighted by Gasteiger charge is -2.24. The van der Waals surface area contributed by atoms with Crippen molar-refractivity contribution in [3.63, 3.8) is 0 Å². The predicted molar refractivity (Wildman–Crippen MR) is 91.0 cm³/mol. The zero-order valence-corrected chi connectivity index (χ0v) is 13.5. The first kappa shape index (κ1) is 15.4. The standard InChI is InChI=1S/C17H18N6O2/c18-16(24)12-8-22-23-4-3-10(5-15(12)23)7-19-17(25)11-1-2-13-14(6-11)21-9-20-13/h1-2,6,8-10H,3-5,7H2,(H2,18,24)(H,19,25)(H,20,21)/t10-/m0/s1. The summed E-state index contributed by atoms with van der Waals surface area (Å²) >= 11 is 0. The number of carbonyl (C=O) groups is 2. The maximum absolute atomic E-state index is 12.4. The molecule has 8 heteroatoms. The van der Waals surface area contributed by atoms with Gasteiger partial charge in [-0.3, -0.25) is 14.3 Å². The molecule has 0 bridgehead atoms. The lowest BCUT2D eigenvalue weighted by Crippen LogP contribution is -2.33. The Labute approximate surface area is 143 Å². The van der Waals surface area contributed by atoms with Crippen molar-refractivity contribution < 1.29 is 9.59 Å². The molecule has 4 rings (SSSR count). The second-order valence-electron chi connectivity index (χ2n) is 6.30. The molecule has 8 nitrogen and oxygen atoms in total. The van der Waals surface area contributed by atoms with Crippen molar-refractivity contribution in [1.29, 1.82) is 0 Å². The van der Waals surface area contributed by atoms with Gasteiger partial charge in [-0.2, -0.15) is 5.10 Å². The highest BCUT2D eigenvalue weighted by Gasteiger charge is 2.24. The summed E-state index contributed by atoms with van der Waals surface area (Å²) in [6.07, 6.45) is 4.71. The van der Waals surface area contributed by atoms with Crippen molar-refractivity contribution in [3.8, 4) is 0 Å². The minimum Gasteiger partial charge on any atom is -0.365 e. The van der Waals surface area contributed by atoms with Gasteiger partial charge in [0.15, 0.2) is 0 Å². The Bertz CT molecular complexity index is 957. The number of carbonyl (C=O) groups excluding carboxylic acids is 2. The fourth-order valence-electron chi connectivity index (χ4n) is 3.30. The third kappa shape index (κ3) is 2.86. The lowest BCUT2D eigenvalue weighted by atomic mass is 9.94. The summed E-state index contributed by atoms with van der Waals surface area (Å²) < 4.78 is 1.82. The van der Waals surface area contributed by atoms with E-state index in [2.05, 4.69) is 20.4 Å². The van der Waals surface area contributed by atoms with Gasteiger partial charge >= 0.3 is 0 Å². The molecule has 0 aliphatic carbocycles. The molecule has 0 radical (unpaired) electrons. The molecule has 128 valence electrons. The largest absolute Gasteiger partial charge is 0.365 e. The van der Waals surface area contributed by atoms with Crippen LogP contribution in [0.3, 0.4) is 0 Å². The second kappa shape index (κ2) is 6.04. The molecule has 0 fully saturated rings. The number of benzene rings is 1. The zero-order valence-electron chi connectivity index (χ0n) is 13.5. The second-order valence-corrected chi connectivity index (χ2v) is 6.30. The van der Waals surface area contributed by atoms with Crippen LogP contribution in [0.15, 0.2) is 30.7 Å². The van der Waals surface area contributed by atoms with Crippen molar-refractivity contribution in [3.05, 3.63) is 47.5 Å². The van der Waals surface area contributed by atoms with E-state index >= 15 is 0 Å². The van der Waals surface area contributed by atoms with Crippen LogP contribution >= 0.6 is 0 Å². The fourth-order valence-corrected chi connectivity index (χ4v) is 3.30. The molecular formula is C17H18N6O2. The molecule has 3 heterocycles. The summed E-state index contributed by atoms with van der Waals surface area (Å²) in [5.74, 6) is -0.327. The molecule has 1 aliphatic heterocycles. The van der Waals surface area contributed by atoms with Crippen LogP contribution in [0.4, 0.5) is 0 Å². The van der Waals surface area contributed by atoms with Crippen LogP contribution in [-0.2, 0) is 13.0 Å². The van der Waals surface area contributed by atoms with E-state index in [1.165, 1.54) is 6.20 Å². The summed E-state index contributed by atoms with van der Waals surface area (Å²) in [5, 5.41) is 7.18. The lowest BCUT2D eigenvalue weighted by molar-refractivity contribution is 0.0942. The molecule has 2 amide bonds. The highest BCUT2D eigenvalue weighted by Crippen LogP contribution is 2.22. The number of H-pyrrole nitrogens is 1. The monoisotopic (exact) mass is 338 g/mol. The van der Waals surface area contributed by atoms with E-state index in [4.69, 9.17) is 5.73 Å². The number of aromatic nitrogens is 4. The van der Waals surface area contributed by atoms with Gasteiger partial charge < -0.3 is 16.0 Å². The summed E-state index contributed by atoms with van der Waals surface area (Å²) in [5.41, 5.74) is 8.98. The predicted octanol–water partition coefficient (Wildman–Crippen LogP) is 0.851. The molecule has 1 aliphatic rings. The third-order valence-corrected chi connectivity index (χ3v) is 4.68. The van der Waals surface area contributed by atoms with Gasteiger partial charge in [0.25, 0.3) is 11.8 Å². The zero-order chi connectivity index (χ0) is 17.4. The molecule has 0 spiro atoms. The number of imidazole rings is 1. The molecule has 0 unspecified atom stereocenters. The Morgan fingerprint density at radius 2 is 2.28 bits per heavy atom. The number of hydrogen-bond acceptors (Lipinski definition) is 4. The van der Waals surface area contributed by atoms with Crippen LogP contribution in [0.5, 0.6) is 0 Å². The SMILES string of the molecule is NC(=O)c1cnn2c1C[C@@H](CNC(=O)c1ccc3nc[nH]c3c1)CC2. The van der Waals surface area contributed by atoms with Gasteiger partial charge in [-0.15, -0.1) is 0 Å². The Kier molecular flexibility index (Phi) is 3.72. The topological polar surface area (TPSA) is 119 Å². The molecule has 25 heavy (non-hydrogen) atoms. The fraction of sp³-hybridized carbons (Fsp3) is 0.294. The average molecular weight is 338 g/mol. The van der Waals surface area contributed by atoms with Crippen LogP contribution < -0.4 is 11.1 Å². The number of nitrogens with zero attached hydrogens (tertiary/aromatic N) is 3. The van der Waals surface area contributed by atoms with Crippen molar-refractivity contribution >= 4 is 22.8 Å². The van der Waals surface area contributed by atoms with Crippen LogP contribution in [0.2, 0.25) is 0 Å². The summed E-state index contributed by atoms with van der Waals surface area (Å²) in [7, 11) is 0. The average Bonchev–Trinajstić information content (AvgIpc) is 3.24. The summed E-state index contributed by atoms with van der Waals surface area (Å²) in [6.45, 7) is 1.27. The number of aromatic amines is 1. The molecule has 2 aromatic heterocycles. The van der Waals surface area contributed by atoms with Crippen molar-refractivity contribution in [2.45, 2.75) is 19.4 Å². The number of nitrogens with two attached hydrogens (primary N) is 1. The first-order valence-corrected chi connectivity index (χ1v) is 8.17. The van der Waals surface area contributed by atoms with Gasteiger partial charge in [0, 0.05) is 18.7 Å². The highest BCUT2D eigenvalue weighted by atomic mass is 16.2. The molecule has 3 aromatic rings. The van der Waals surface area contributed by atoms with Crippen LogP contribution in [-0.4, -0.2) is 38.1 Å². The minimum atomic E-state index is -0.459. The number of rotatable bonds is 4. The molecular weight excluding hydrogens is 320 g/mol. The van der Waals surface area contributed by atoms with Gasteiger partial charge in [0.1, 0.15) is 0 Å². The maximum atomic E-state index is 12.4. The smallest absolute Gasteiger partial charge is 0.252 e. The van der Waals surface area contributed by atoms with E-state index < -0.39 is 5.91 Å². The molecule has 1 aromatic carbocycles. The molecule has 1 atom stereocenters. The molecule has 4 N–H and O–H groups in total. The van der Waals surface area contributed by atoms with Crippen LogP contribution in [0.25, 0.3) is 11.0 Å². The Hall–Kier alpha value is -3.16. The van der Waals surface area contributed by atoms with Gasteiger partial charge in [0.2, 0.25) is 0 Å². The molecule has 0 saturated carbocycles. The van der Waals surface area contributed by atoms with Crippen LogP contribution in [0, 0.1) is 5.92 Å². The van der Waals surface area contributed by atoms with Crippen LogP contribution in [0.1, 0.15) is 32.8 Å². The quantitative estimate of drug-likeness (QED) is 0.653. The third-order valence-electron chi connectivity index (χ3n) is 4.68. The van der Waals surface area contributed by atoms with Gasteiger partial charge in [-0.1, -0.05) is 0 Å². The summed E-state index contributed by atoms with van der Waals surface area (Å²) in [6, 6.07) is 5.37. The van der Waals surface area contributed by atoms with E-state index in [0.29, 0.717) is 24.1 Å². The number of aryl methyl sites for hydroxylation is 1. The number of primary amides is 1. The number of fused-ring (bicyclic) bond motifs is 2. The summed E-state index contributed by atoms with van der Waals surface area (Å²) in [4.78, 5) is 31.0. The molecule has 0 saturated heterocycles. The van der Waals surface area contributed by atoms with E-state index in [-0.39, 0.29) is 11.8 Å². The Morgan fingerprint density at radius 1 is 1.40 bits per heavy atom. The van der Waals surface area contributed by atoms with Crippen molar-refractivity contribution in [1.82, 2.24) is 25.1 Å². The van der Waals surface area contributed by atoms with E-state index in [1.54, 1.807) is 18.5 Å². The number of hydrogen-bond donors (Lipinski definition) is 3. The maximum Gasteiger partial charge on any atom is 0.252 e. The van der Waals surface area contributed by atoms with E-state index in [0.717, 1.165) is 29.7 Å². The Balaban J connectivity index is 1.42.